The van der Waals surface area contributed by atoms with Crippen LogP contribution in [0, 0.1) is 6.92 Å². The Labute approximate surface area is 177 Å². The molecule has 2 heterocycles. The van der Waals surface area contributed by atoms with Gasteiger partial charge < -0.3 is 20.5 Å². The third-order valence-corrected chi connectivity index (χ3v) is 5.62. The average Bonchev–Trinajstić information content (AvgIpc) is 2.77. The van der Waals surface area contributed by atoms with Crippen LogP contribution in [0.1, 0.15) is 30.5 Å². The Morgan fingerprint density at radius 1 is 1.07 bits per heavy atom. The number of nitrogens with two attached hydrogens (primary N) is 1. The van der Waals surface area contributed by atoms with E-state index in [4.69, 9.17) is 15.2 Å². The molecule has 0 bridgehead atoms. The number of aryl methyl sites for hydroxylation is 1. The summed E-state index contributed by atoms with van der Waals surface area (Å²) in [6.07, 6.45) is 2.86. The summed E-state index contributed by atoms with van der Waals surface area (Å²) in [7, 11) is 1.71. The van der Waals surface area contributed by atoms with Gasteiger partial charge in [-0.25, -0.2) is 0 Å². The van der Waals surface area contributed by atoms with Crippen molar-refractivity contribution in [1.29, 1.82) is 0 Å². The number of rotatable bonds is 6. The van der Waals surface area contributed by atoms with Crippen LogP contribution in [0.4, 0.5) is 5.69 Å². The largest absolute Gasteiger partial charge is 0.496 e. The zero-order valence-electron chi connectivity index (χ0n) is 17.7. The zero-order valence-corrected chi connectivity index (χ0v) is 17.7. The second-order valence-corrected chi connectivity index (χ2v) is 7.67. The number of fused-ring (bicyclic) bond motifs is 1. The average molecular weight is 404 g/mol. The van der Waals surface area contributed by atoms with E-state index in [1.165, 1.54) is 11.1 Å². The summed E-state index contributed by atoms with van der Waals surface area (Å²) in [6.45, 7) is 4.58. The number of hydrogen-bond acceptors (Lipinski definition) is 5. The molecule has 1 saturated heterocycles. The van der Waals surface area contributed by atoms with Crippen molar-refractivity contribution < 1.29 is 9.47 Å². The van der Waals surface area contributed by atoms with Crippen LogP contribution in [0.15, 0.2) is 54.1 Å². The highest BCUT2D eigenvalue weighted by Gasteiger charge is 2.17. The molecule has 0 aliphatic carbocycles. The zero-order chi connectivity index (χ0) is 20.9. The van der Waals surface area contributed by atoms with Gasteiger partial charge in [0, 0.05) is 28.8 Å². The van der Waals surface area contributed by atoms with Gasteiger partial charge in [0.2, 0.25) is 0 Å². The maximum atomic E-state index is 6.24. The van der Waals surface area contributed by atoms with Gasteiger partial charge >= 0.3 is 0 Å². The first-order valence-electron chi connectivity index (χ1n) is 10.5. The predicted molar refractivity (Wildman–Crippen MR) is 123 cm³/mol. The monoisotopic (exact) mass is 403 g/mol. The van der Waals surface area contributed by atoms with Gasteiger partial charge in [-0.1, -0.05) is 11.6 Å². The number of piperidine rings is 1. The van der Waals surface area contributed by atoms with E-state index in [0.29, 0.717) is 6.61 Å². The number of hydrogen-bond donors (Lipinski definition) is 2. The van der Waals surface area contributed by atoms with Crippen molar-refractivity contribution in [3.63, 3.8) is 0 Å². The lowest BCUT2D eigenvalue weighted by Crippen LogP contribution is -2.24. The van der Waals surface area contributed by atoms with Crippen molar-refractivity contribution in [3.05, 3.63) is 65.4 Å². The lowest BCUT2D eigenvalue weighted by atomic mass is 9.91. The van der Waals surface area contributed by atoms with Gasteiger partial charge in [-0.05, 0) is 80.9 Å². The molecule has 0 atom stereocenters. The standard InChI is InChI=1S/C25H29N3O2/c1-17-6-8-21-23(28-17)4-3-5-25(21)30-15-12-20(18-10-13-27-14-11-18)22-16-19(26)7-9-24(22)29-2/h3-9,16,27H,10-15,26H2,1-2H3. The van der Waals surface area contributed by atoms with E-state index in [1.54, 1.807) is 7.11 Å². The van der Waals surface area contributed by atoms with Gasteiger partial charge in [0.1, 0.15) is 11.5 Å². The Kier molecular flexibility index (Phi) is 6.19. The van der Waals surface area contributed by atoms with Crippen molar-refractivity contribution in [2.75, 3.05) is 32.5 Å². The number of methoxy groups -OCH3 is 1. The molecule has 3 N–H and O–H groups in total. The Hall–Kier alpha value is -3.05. The lowest BCUT2D eigenvalue weighted by Gasteiger charge is -2.22. The minimum atomic E-state index is 0.581. The third kappa shape index (κ3) is 4.41. The number of aromatic nitrogens is 1. The molecule has 5 nitrogen and oxygen atoms in total. The Morgan fingerprint density at radius 2 is 1.90 bits per heavy atom. The highest BCUT2D eigenvalue weighted by Crippen LogP contribution is 2.35. The smallest absolute Gasteiger partial charge is 0.128 e. The molecule has 1 aliphatic heterocycles. The van der Waals surface area contributed by atoms with Crippen molar-refractivity contribution >= 4 is 22.2 Å². The van der Waals surface area contributed by atoms with Crippen LogP contribution in [-0.2, 0) is 0 Å². The Bertz CT molecular complexity index is 1070. The van der Waals surface area contributed by atoms with Gasteiger partial charge in [-0.3, -0.25) is 4.98 Å². The van der Waals surface area contributed by atoms with Crippen LogP contribution in [-0.4, -0.2) is 31.8 Å². The molecule has 0 amide bonds. The van der Waals surface area contributed by atoms with Crippen LogP contribution in [0.25, 0.3) is 16.5 Å². The first-order chi connectivity index (χ1) is 14.7. The molecule has 5 heteroatoms. The fourth-order valence-electron chi connectivity index (χ4n) is 4.11. The summed E-state index contributed by atoms with van der Waals surface area (Å²) in [5, 5.41) is 4.48. The van der Waals surface area contributed by atoms with Gasteiger partial charge in [-0.15, -0.1) is 0 Å². The van der Waals surface area contributed by atoms with Crippen molar-refractivity contribution in [2.45, 2.75) is 26.2 Å². The fraction of sp³-hybridized carbons (Fsp3) is 0.320. The van der Waals surface area contributed by atoms with Gasteiger partial charge in [0.05, 0.1) is 19.2 Å². The second kappa shape index (κ2) is 9.18. The van der Waals surface area contributed by atoms with E-state index in [2.05, 4.69) is 16.4 Å². The van der Waals surface area contributed by atoms with E-state index >= 15 is 0 Å². The summed E-state index contributed by atoms with van der Waals surface area (Å²) in [5.41, 5.74) is 12.6. The highest BCUT2D eigenvalue weighted by atomic mass is 16.5. The summed E-state index contributed by atoms with van der Waals surface area (Å²) in [5.74, 6) is 1.73. The van der Waals surface area contributed by atoms with Crippen LogP contribution in [0.5, 0.6) is 11.5 Å². The SMILES string of the molecule is COc1ccc(N)cc1C(CCOc1cccc2nc(C)ccc12)=C1CCNCC1. The minimum absolute atomic E-state index is 0.581. The van der Waals surface area contributed by atoms with E-state index in [9.17, 15) is 0 Å². The Balaban J connectivity index is 1.61. The summed E-state index contributed by atoms with van der Waals surface area (Å²) >= 11 is 0. The third-order valence-electron chi connectivity index (χ3n) is 5.62. The minimum Gasteiger partial charge on any atom is -0.496 e. The molecule has 1 aromatic heterocycles. The van der Waals surface area contributed by atoms with E-state index in [-0.39, 0.29) is 0 Å². The maximum absolute atomic E-state index is 6.24. The van der Waals surface area contributed by atoms with E-state index in [0.717, 1.165) is 71.7 Å². The highest BCUT2D eigenvalue weighted by molar-refractivity contribution is 5.85. The molecule has 3 aromatic rings. The molecule has 1 aliphatic rings. The van der Waals surface area contributed by atoms with Crippen molar-refractivity contribution in [1.82, 2.24) is 10.3 Å². The molecular formula is C25H29N3O2. The van der Waals surface area contributed by atoms with Crippen LogP contribution in [0.3, 0.4) is 0 Å². The van der Waals surface area contributed by atoms with Crippen LogP contribution in [0.2, 0.25) is 0 Å². The molecule has 0 radical (unpaired) electrons. The molecular weight excluding hydrogens is 374 g/mol. The summed E-state index contributed by atoms with van der Waals surface area (Å²) in [4.78, 5) is 4.61. The van der Waals surface area contributed by atoms with Gasteiger partial charge in [0.15, 0.2) is 0 Å². The number of nitrogens with one attached hydrogen (secondary N) is 1. The lowest BCUT2D eigenvalue weighted by molar-refractivity contribution is 0.330. The maximum Gasteiger partial charge on any atom is 0.128 e. The van der Waals surface area contributed by atoms with Gasteiger partial charge in [-0.2, -0.15) is 0 Å². The first kappa shape index (κ1) is 20.2. The molecule has 4 rings (SSSR count). The summed E-state index contributed by atoms with van der Waals surface area (Å²) in [6, 6.07) is 16.0. The predicted octanol–water partition coefficient (Wildman–Crippen LogP) is 4.74. The van der Waals surface area contributed by atoms with E-state index in [1.807, 2.05) is 49.4 Å². The van der Waals surface area contributed by atoms with Crippen molar-refractivity contribution in [2.24, 2.45) is 0 Å². The quantitative estimate of drug-likeness (QED) is 0.582. The number of ether oxygens (including phenoxy) is 2. The Morgan fingerprint density at radius 3 is 2.70 bits per heavy atom. The van der Waals surface area contributed by atoms with E-state index < -0.39 is 0 Å². The fourth-order valence-corrected chi connectivity index (χ4v) is 4.11. The van der Waals surface area contributed by atoms with Crippen LogP contribution < -0.4 is 20.5 Å². The molecule has 0 spiro atoms. The molecule has 1 fully saturated rings. The summed E-state index contributed by atoms with van der Waals surface area (Å²) < 4.78 is 11.9. The molecule has 2 aromatic carbocycles. The number of nitrogens with zero attached hydrogens (tertiary/aromatic N) is 1. The molecule has 30 heavy (non-hydrogen) atoms. The number of pyridine rings is 1. The number of nitrogen functional groups attached to an aromatic ring is 1. The normalized spacial score (nSPS) is 14.0. The first-order valence-corrected chi connectivity index (χ1v) is 10.5. The molecule has 156 valence electrons. The van der Waals surface area contributed by atoms with Gasteiger partial charge in [0.25, 0.3) is 0 Å². The number of anilines is 1. The number of benzene rings is 2. The van der Waals surface area contributed by atoms with Crippen LogP contribution >= 0.6 is 0 Å². The molecule has 0 saturated carbocycles. The second-order valence-electron chi connectivity index (χ2n) is 7.67. The topological polar surface area (TPSA) is 69.4 Å². The molecule has 0 unspecified atom stereocenters. The van der Waals surface area contributed by atoms with Crippen molar-refractivity contribution in [3.8, 4) is 11.5 Å².